The molecule has 1 amide bonds. The number of carbonyl (C=O) groups is 1. The highest BCUT2D eigenvalue weighted by atomic mass is 16.2. The average Bonchev–Trinajstić information content (AvgIpc) is 2.65. The molecule has 0 saturated carbocycles. The molecule has 100 valence electrons. The zero-order valence-electron chi connectivity index (χ0n) is 10.7. The van der Waals surface area contributed by atoms with E-state index < -0.39 is 0 Å². The van der Waals surface area contributed by atoms with Crippen LogP contribution in [0.15, 0.2) is 23.0 Å². The standard InChI is InChI=1S/C13H16N4O2/c1-16-12-9(14)3-2-4-10(12)17(13(16)19)8-5-6-11(18)15-7-8/h2-4,8H,5-7,14H2,1H3,(H,15,18). The van der Waals surface area contributed by atoms with Gasteiger partial charge in [0.1, 0.15) is 0 Å². The minimum atomic E-state index is -0.0888. The zero-order chi connectivity index (χ0) is 13.6. The van der Waals surface area contributed by atoms with Gasteiger partial charge in [0.2, 0.25) is 5.91 Å². The van der Waals surface area contributed by atoms with Crippen LogP contribution in [0.3, 0.4) is 0 Å². The number of aryl methyl sites for hydroxylation is 1. The second-order valence-electron chi connectivity index (χ2n) is 4.92. The summed E-state index contributed by atoms with van der Waals surface area (Å²) in [4.78, 5) is 23.6. The lowest BCUT2D eigenvalue weighted by molar-refractivity contribution is -0.122. The third-order valence-electron chi connectivity index (χ3n) is 3.74. The molecule has 0 spiro atoms. The first kappa shape index (κ1) is 11.8. The number of anilines is 1. The average molecular weight is 260 g/mol. The summed E-state index contributed by atoms with van der Waals surface area (Å²) in [5.74, 6) is 0.0454. The van der Waals surface area contributed by atoms with Gasteiger partial charge in [-0.15, -0.1) is 0 Å². The number of para-hydroxylation sites is 1. The summed E-state index contributed by atoms with van der Waals surface area (Å²) in [6.45, 7) is 0.493. The second-order valence-corrected chi connectivity index (χ2v) is 4.92. The SMILES string of the molecule is Cn1c(=O)n(C2CCC(=O)NC2)c2cccc(N)c21. The number of hydrogen-bond donors (Lipinski definition) is 2. The van der Waals surface area contributed by atoms with Crippen molar-refractivity contribution < 1.29 is 4.79 Å². The fourth-order valence-electron chi connectivity index (χ4n) is 2.76. The maximum atomic E-state index is 12.4. The molecule has 19 heavy (non-hydrogen) atoms. The van der Waals surface area contributed by atoms with Crippen molar-refractivity contribution in [1.29, 1.82) is 0 Å². The van der Waals surface area contributed by atoms with E-state index in [9.17, 15) is 9.59 Å². The Morgan fingerprint density at radius 2 is 2.16 bits per heavy atom. The number of nitrogens with two attached hydrogens (primary N) is 1. The minimum Gasteiger partial charge on any atom is -0.397 e. The number of imidazole rings is 1. The molecule has 0 radical (unpaired) electrons. The Kier molecular flexibility index (Phi) is 2.58. The van der Waals surface area contributed by atoms with Crippen LogP contribution in [0.25, 0.3) is 11.0 Å². The number of amides is 1. The zero-order valence-corrected chi connectivity index (χ0v) is 10.7. The highest BCUT2D eigenvalue weighted by Crippen LogP contribution is 2.24. The minimum absolute atomic E-state index is 0.00398. The van der Waals surface area contributed by atoms with E-state index in [0.717, 1.165) is 11.0 Å². The summed E-state index contributed by atoms with van der Waals surface area (Å²) in [5.41, 5.74) is 8.03. The van der Waals surface area contributed by atoms with Crippen LogP contribution < -0.4 is 16.7 Å². The van der Waals surface area contributed by atoms with Crippen LogP contribution in [-0.4, -0.2) is 21.6 Å². The lowest BCUT2D eigenvalue weighted by Gasteiger charge is -2.23. The van der Waals surface area contributed by atoms with E-state index >= 15 is 0 Å². The Morgan fingerprint density at radius 3 is 2.84 bits per heavy atom. The maximum Gasteiger partial charge on any atom is 0.329 e. The van der Waals surface area contributed by atoms with Gasteiger partial charge in [-0.3, -0.25) is 13.9 Å². The van der Waals surface area contributed by atoms with Gasteiger partial charge in [0, 0.05) is 20.0 Å². The van der Waals surface area contributed by atoms with Crippen LogP contribution in [0.2, 0.25) is 0 Å². The molecule has 1 aromatic carbocycles. The smallest absolute Gasteiger partial charge is 0.329 e. The first-order valence-electron chi connectivity index (χ1n) is 6.31. The van der Waals surface area contributed by atoms with Crippen molar-refractivity contribution in [2.24, 2.45) is 7.05 Å². The van der Waals surface area contributed by atoms with Crippen LogP contribution in [0.4, 0.5) is 5.69 Å². The van der Waals surface area contributed by atoms with E-state index in [0.29, 0.717) is 25.1 Å². The molecule has 2 heterocycles. The van der Waals surface area contributed by atoms with Gasteiger partial charge in [-0.2, -0.15) is 0 Å². The van der Waals surface area contributed by atoms with E-state index in [4.69, 9.17) is 5.73 Å². The molecular weight excluding hydrogens is 244 g/mol. The van der Waals surface area contributed by atoms with Crippen molar-refractivity contribution in [1.82, 2.24) is 14.5 Å². The summed E-state index contributed by atoms with van der Waals surface area (Å²) >= 11 is 0. The lowest BCUT2D eigenvalue weighted by atomic mass is 10.1. The van der Waals surface area contributed by atoms with Crippen molar-refractivity contribution in [3.63, 3.8) is 0 Å². The quantitative estimate of drug-likeness (QED) is 0.727. The van der Waals surface area contributed by atoms with Gasteiger partial charge in [-0.1, -0.05) is 6.07 Å². The molecular formula is C13H16N4O2. The molecule has 6 heteroatoms. The van der Waals surface area contributed by atoms with Gasteiger partial charge in [0.05, 0.1) is 22.8 Å². The Morgan fingerprint density at radius 1 is 1.37 bits per heavy atom. The summed E-state index contributed by atoms with van der Waals surface area (Å²) in [7, 11) is 1.72. The van der Waals surface area contributed by atoms with E-state index in [2.05, 4.69) is 5.32 Å². The summed E-state index contributed by atoms with van der Waals surface area (Å²) in [6, 6.07) is 5.52. The summed E-state index contributed by atoms with van der Waals surface area (Å²) < 4.78 is 3.31. The van der Waals surface area contributed by atoms with E-state index in [1.54, 1.807) is 22.2 Å². The number of piperidine rings is 1. The second kappa shape index (κ2) is 4.15. The molecule has 1 aliphatic rings. The van der Waals surface area contributed by atoms with Gasteiger partial charge in [-0.25, -0.2) is 4.79 Å². The molecule has 1 saturated heterocycles. The van der Waals surface area contributed by atoms with Crippen molar-refractivity contribution in [2.45, 2.75) is 18.9 Å². The summed E-state index contributed by atoms with van der Waals surface area (Å²) in [5, 5.41) is 2.81. The lowest BCUT2D eigenvalue weighted by Crippen LogP contribution is -2.39. The number of nitrogen functional groups attached to an aromatic ring is 1. The number of hydrogen-bond acceptors (Lipinski definition) is 3. The number of nitrogens with one attached hydrogen (secondary N) is 1. The third kappa shape index (κ3) is 1.71. The molecule has 6 nitrogen and oxygen atoms in total. The van der Waals surface area contributed by atoms with Crippen molar-refractivity contribution in [2.75, 3.05) is 12.3 Å². The molecule has 3 rings (SSSR count). The predicted octanol–water partition coefficient (Wildman–Crippen LogP) is 0.373. The van der Waals surface area contributed by atoms with Crippen LogP contribution >= 0.6 is 0 Å². The number of carbonyl (C=O) groups excluding carboxylic acids is 1. The molecule has 1 unspecified atom stereocenters. The number of benzene rings is 1. The van der Waals surface area contributed by atoms with Crippen LogP contribution in [0, 0.1) is 0 Å². The van der Waals surface area contributed by atoms with E-state index in [1.165, 1.54) is 0 Å². The monoisotopic (exact) mass is 260 g/mol. The Hall–Kier alpha value is -2.24. The molecule has 1 aromatic heterocycles. The van der Waals surface area contributed by atoms with Crippen molar-refractivity contribution >= 4 is 22.6 Å². The number of aromatic nitrogens is 2. The first-order valence-corrected chi connectivity index (χ1v) is 6.31. The number of fused-ring (bicyclic) bond motifs is 1. The van der Waals surface area contributed by atoms with Gasteiger partial charge < -0.3 is 11.1 Å². The van der Waals surface area contributed by atoms with E-state index in [1.807, 2.05) is 12.1 Å². The Labute approximate surface area is 109 Å². The fraction of sp³-hybridized carbons (Fsp3) is 0.385. The van der Waals surface area contributed by atoms with Crippen LogP contribution in [0.1, 0.15) is 18.9 Å². The molecule has 0 bridgehead atoms. The first-order chi connectivity index (χ1) is 9.09. The fourth-order valence-corrected chi connectivity index (χ4v) is 2.76. The normalized spacial score (nSPS) is 19.6. The van der Waals surface area contributed by atoms with Crippen molar-refractivity contribution in [3.05, 3.63) is 28.7 Å². The topological polar surface area (TPSA) is 82.0 Å². The molecule has 3 N–H and O–H groups in total. The molecule has 2 aromatic rings. The molecule has 1 fully saturated rings. The van der Waals surface area contributed by atoms with Gasteiger partial charge >= 0.3 is 5.69 Å². The highest BCUT2D eigenvalue weighted by Gasteiger charge is 2.24. The number of nitrogens with zero attached hydrogens (tertiary/aromatic N) is 2. The Bertz CT molecular complexity index is 703. The number of rotatable bonds is 1. The third-order valence-corrected chi connectivity index (χ3v) is 3.74. The molecule has 0 aliphatic carbocycles. The highest BCUT2D eigenvalue weighted by molar-refractivity contribution is 5.88. The van der Waals surface area contributed by atoms with Crippen molar-refractivity contribution in [3.8, 4) is 0 Å². The van der Waals surface area contributed by atoms with Crippen LogP contribution in [0.5, 0.6) is 0 Å². The molecule has 1 atom stereocenters. The van der Waals surface area contributed by atoms with Gasteiger partial charge in [0.15, 0.2) is 0 Å². The van der Waals surface area contributed by atoms with E-state index in [-0.39, 0.29) is 17.6 Å². The van der Waals surface area contributed by atoms with Gasteiger partial charge in [-0.05, 0) is 18.6 Å². The predicted molar refractivity (Wildman–Crippen MR) is 72.9 cm³/mol. The molecule has 1 aliphatic heterocycles. The maximum absolute atomic E-state index is 12.4. The summed E-state index contributed by atoms with van der Waals surface area (Å²) in [6.07, 6.45) is 1.13. The Balaban J connectivity index is 2.19. The largest absolute Gasteiger partial charge is 0.397 e. The van der Waals surface area contributed by atoms with Gasteiger partial charge in [0.25, 0.3) is 0 Å². The van der Waals surface area contributed by atoms with Crippen LogP contribution in [-0.2, 0) is 11.8 Å².